The van der Waals surface area contributed by atoms with Crippen LogP contribution < -0.4 is 9.46 Å². The molecule has 1 aliphatic carbocycles. The van der Waals surface area contributed by atoms with E-state index in [0.29, 0.717) is 36.6 Å². The third-order valence-corrected chi connectivity index (χ3v) is 6.19. The average molecular weight is 461 g/mol. The molecule has 0 saturated carbocycles. The predicted octanol–water partition coefficient (Wildman–Crippen LogP) is 3.13. The fourth-order valence-corrected chi connectivity index (χ4v) is 4.80. The first-order valence-corrected chi connectivity index (χ1v) is 11.0. The molecule has 0 radical (unpaired) electrons. The highest BCUT2D eigenvalue weighted by molar-refractivity contribution is 7.89. The molecule has 0 bridgehead atoms. The number of hydrogen-bond acceptors (Lipinski definition) is 5. The van der Waals surface area contributed by atoms with Gasteiger partial charge in [0, 0.05) is 17.3 Å². The number of sulfonamides is 1. The number of aliphatic carboxylic acids is 1. The van der Waals surface area contributed by atoms with Crippen molar-refractivity contribution in [2.75, 3.05) is 0 Å². The first-order valence-electron chi connectivity index (χ1n) is 9.54. The summed E-state index contributed by atoms with van der Waals surface area (Å²) in [7, 11) is -4.34. The van der Waals surface area contributed by atoms with Gasteiger partial charge in [-0.2, -0.15) is 18.3 Å². The minimum absolute atomic E-state index is 0.205. The van der Waals surface area contributed by atoms with Crippen molar-refractivity contribution in [3.05, 3.63) is 41.2 Å². The van der Waals surface area contributed by atoms with Crippen LogP contribution in [0.3, 0.4) is 0 Å². The van der Waals surface area contributed by atoms with Crippen molar-refractivity contribution in [1.29, 1.82) is 0 Å². The van der Waals surface area contributed by atoms with Crippen molar-refractivity contribution in [1.82, 2.24) is 14.5 Å². The Balaban J connectivity index is 1.95. The summed E-state index contributed by atoms with van der Waals surface area (Å²) in [6.07, 6.45) is -2.32. The Morgan fingerprint density at radius 1 is 1.35 bits per heavy atom. The van der Waals surface area contributed by atoms with Gasteiger partial charge in [-0.3, -0.25) is 9.48 Å². The summed E-state index contributed by atoms with van der Waals surface area (Å²) in [5, 5.41) is 13.0. The second-order valence-corrected chi connectivity index (χ2v) is 9.24. The quantitative estimate of drug-likeness (QED) is 0.656. The highest BCUT2D eigenvalue weighted by Crippen LogP contribution is 2.35. The number of nitrogens with one attached hydrogen (secondary N) is 1. The third-order valence-electron chi connectivity index (χ3n) is 4.73. The number of ether oxygens (including phenoxy) is 1. The van der Waals surface area contributed by atoms with Crippen LogP contribution in [0.25, 0.3) is 0 Å². The Morgan fingerprint density at radius 2 is 2.06 bits per heavy atom. The van der Waals surface area contributed by atoms with Crippen molar-refractivity contribution in [3.63, 3.8) is 0 Å². The van der Waals surface area contributed by atoms with Gasteiger partial charge in [0.15, 0.2) is 0 Å². The van der Waals surface area contributed by atoms with Crippen LogP contribution in [0.15, 0.2) is 29.3 Å². The molecule has 8 nitrogen and oxygen atoms in total. The number of benzene rings is 1. The summed E-state index contributed by atoms with van der Waals surface area (Å²) < 4.78 is 74.9. The number of alkyl halides is 3. The molecule has 0 saturated heterocycles. The van der Waals surface area contributed by atoms with Gasteiger partial charge in [-0.1, -0.05) is 0 Å². The molecule has 12 heteroatoms. The minimum atomic E-state index is -4.75. The molecule has 31 heavy (non-hydrogen) atoms. The molecule has 0 fully saturated rings. The first kappa shape index (κ1) is 23.1. The van der Waals surface area contributed by atoms with Gasteiger partial charge < -0.3 is 9.84 Å². The summed E-state index contributed by atoms with van der Waals surface area (Å²) in [6, 6.07) is 1.64. The minimum Gasteiger partial charge on any atom is -0.491 e. The van der Waals surface area contributed by atoms with E-state index in [0.717, 1.165) is 12.1 Å². The summed E-state index contributed by atoms with van der Waals surface area (Å²) in [6.45, 7) is 2.87. The highest BCUT2D eigenvalue weighted by Gasteiger charge is 2.34. The number of nitrogens with zero attached hydrogens (tertiary/aromatic N) is 2. The van der Waals surface area contributed by atoms with E-state index in [4.69, 9.17) is 9.84 Å². The lowest BCUT2D eigenvalue weighted by Crippen LogP contribution is -2.31. The van der Waals surface area contributed by atoms with E-state index in [1.807, 2.05) is 0 Å². The molecule has 1 atom stereocenters. The van der Waals surface area contributed by atoms with Crippen LogP contribution in [0.2, 0.25) is 0 Å². The number of carboxylic acid groups (broad SMARTS) is 1. The number of fused-ring (bicyclic) bond motifs is 1. The maximum absolute atomic E-state index is 13.3. The molecule has 0 spiro atoms. The van der Waals surface area contributed by atoms with Crippen molar-refractivity contribution in [2.45, 2.75) is 62.9 Å². The van der Waals surface area contributed by atoms with Gasteiger partial charge in [-0.15, -0.1) is 0 Å². The maximum atomic E-state index is 13.3. The number of carboxylic acids is 1. The molecule has 1 aromatic carbocycles. The van der Waals surface area contributed by atoms with Crippen molar-refractivity contribution in [2.24, 2.45) is 0 Å². The Labute approximate surface area is 177 Å². The zero-order valence-corrected chi connectivity index (χ0v) is 17.6. The van der Waals surface area contributed by atoms with Gasteiger partial charge in [-0.05, 0) is 45.2 Å². The number of rotatable bonds is 7. The van der Waals surface area contributed by atoms with E-state index in [9.17, 15) is 26.4 Å². The van der Waals surface area contributed by atoms with Crippen molar-refractivity contribution in [3.8, 4) is 5.75 Å². The van der Waals surface area contributed by atoms with Crippen LogP contribution in [0.4, 0.5) is 13.2 Å². The molecular weight excluding hydrogens is 439 g/mol. The fraction of sp³-hybridized carbons (Fsp3) is 0.474. The van der Waals surface area contributed by atoms with Crippen LogP contribution in [0.1, 0.15) is 49.6 Å². The molecule has 2 aromatic rings. The second kappa shape index (κ2) is 8.50. The number of aromatic nitrogens is 2. The Morgan fingerprint density at radius 3 is 2.68 bits per heavy atom. The Bertz CT molecular complexity index is 1080. The SMILES string of the molecule is CC(C)Oc1cc(C(F)(F)F)cc(S(=O)(=O)NC2CCCc3c2cnn3CC(=O)O)c1. The monoisotopic (exact) mass is 461 g/mol. The lowest BCUT2D eigenvalue weighted by atomic mass is 9.94. The lowest BCUT2D eigenvalue weighted by Gasteiger charge is -2.24. The molecule has 1 heterocycles. The molecule has 0 amide bonds. The summed E-state index contributed by atoms with van der Waals surface area (Å²) in [5.74, 6) is -1.29. The van der Waals surface area contributed by atoms with Gasteiger partial charge >= 0.3 is 12.1 Å². The molecule has 2 N–H and O–H groups in total. The van der Waals surface area contributed by atoms with Gasteiger partial charge in [0.1, 0.15) is 12.3 Å². The predicted molar refractivity (Wildman–Crippen MR) is 103 cm³/mol. The van der Waals surface area contributed by atoms with E-state index in [1.54, 1.807) is 13.8 Å². The molecule has 170 valence electrons. The number of carbonyl (C=O) groups is 1. The Kier molecular flexibility index (Phi) is 6.33. The normalized spacial score (nSPS) is 16.9. The van der Waals surface area contributed by atoms with Gasteiger partial charge in [0.05, 0.1) is 28.8 Å². The van der Waals surface area contributed by atoms with Crippen molar-refractivity contribution >= 4 is 16.0 Å². The average Bonchev–Trinajstić information content (AvgIpc) is 3.03. The smallest absolute Gasteiger partial charge is 0.416 e. The van der Waals surface area contributed by atoms with Gasteiger partial charge in [-0.25, -0.2) is 13.1 Å². The highest BCUT2D eigenvalue weighted by atomic mass is 32.2. The molecule has 3 rings (SSSR count). The fourth-order valence-electron chi connectivity index (χ4n) is 3.49. The third kappa shape index (κ3) is 5.37. The molecular formula is C19H22F3N3O5S. The largest absolute Gasteiger partial charge is 0.491 e. The summed E-state index contributed by atoms with van der Waals surface area (Å²) >= 11 is 0. The second-order valence-electron chi connectivity index (χ2n) is 7.52. The molecule has 1 aliphatic rings. The van der Waals surface area contributed by atoms with Crippen molar-refractivity contribution < 1.29 is 36.2 Å². The summed E-state index contributed by atoms with van der Waals surface area (Å²) in [5.41, 5.74) is -0.0273. The van der Waals surface area contributed by atoms with Crippen LogP contribution >= 0.6 is 0 Å². The summed E-state index contributed by atoms with van der Waals surface area (Å²) in [4.78, 5) is 10.4. The molecule has 1 unspecified atom stereocenters. The maximum Gasteiger partial charge on any atom is 0.416 e. The topological polar surface area (TPSA) is 111 Å². The molecule has 0 aliphatic heterocycles. The zero-order valence-electron chi connectivity index (χ0n) is 16.8. The Hall–Kier alpha value is -2.60. The van der Waals surface area contributed by atoms with Crippen LogP contribution in [0, 0.1) is 0 Å². The number of hydrogen-bond donors (Lipinski definition) is 2. The van der Waals surface area contributed by atoms with E-state index in [2.05, 4.69) is 9.82 Å². The van der Waals surface area contributed by atoms with Gasteiger partial charge in [0.25, 0.3) is 0 Å². The van der Waals surface area contributed by atoms with Crippen LogP contribution in [-0.2, 0) is 34.0 Å². The van der Waals surface area contributed by atoms with E-state index in [-0.39, 0.29) is 12.3 Å². The van der Waals surface area contributed by atoms with Crippen LogP contribution in [0.5, 0.6) is 5.75 Å². The first-order chi connectivity index (χ1) is 14.4. The van der Waals surface area contributed by atoms with E-state index >= 15 is 0 Å². The van der Waals surface area contributed by atoms with Crippen LogP contribution in [-0.4, -0.2) is 35.4 Å². The van der Waals surface area contributed by atoms with E-state index in [1.165, 1.54) is 10.9 Å². The lowest BCUT2D eigenvalue weighted by molar-refractivity contribution is -0.138. The zero-order chi connectivity index (χ0) is 23.0. The molecule has 1 aromatic heterocycles. The van der Waals surface area contributed by atoms with E-state index < -0.39 is 44.8 Å². The van der Waals surface area contributed by atoms with Gasteiger partial charge in [0.2, 0.25) is 10.0 Å². The number of halogens is 3. The standard InChI is InChI=1S/C19H22F3N3O5S/c1-11(2)30-13-6-12(19(20,21)22)7-14(8-13)31(28,29)24-16-4-3-5-17-15(16)9-23-25(17)10-18(26)27/h6-9,11,16,24H,3-5,10H2,1-2H3,(H,26,27).